The minimum absolute atomic E-state index is 0.120. The van der Waals surface area contributed by atoms with Crippen LogP contribution < -0.4 is 5.14 Å². The summed E-state index contributed by atoms with van der Waals surface area (Å²) in [5.41, 5.74) is 0.684. The van der Waals surface area contributed by atoms with Crippen LogP contribution in [-0.2, 0) is 17.1 Å². The number of nitrogens with two attached hydrogens (primary N) is 1. The van der Waals surface area contributed by atoms with E-state index in [0.717, 1.165) is 16.8 Å². The first-order valence-corrected chi connectivity index (χ1v) is 8.13. The molecule has 0 atom stereocenters. The van der Waals surface area contributed by atoms with E-state index in [1.807, 2.05) is 13.0 Å². The number of nitrogens with zero attached hydrogens (tertiary/aromatic N) is 2. The zero-order valence-corrected chi connectivity index (χ0v) is 12.9. The molecular formula is C12H13N3O4S2. The van der Waals surface area contributed by atoms with E-state index in [4.69, 9.17) is 5.14 Å². The number of carbonyl (C=O) groups is 1. The fourth-order valence-electron chi connectivity index (χ4n) is 1.74. The first-order valence-electron chi connectivity index (χ1n) is 5.77. The lowest BCUT2D eigenvalue weighted by atomic mass is 10.2. The molecule has 21 heavy (non-hydrogen) atoms. The van der Waals surface area contributed by atoms with Crippen molar-refractivity contribution in [2.45, 2.75) is 21.7 Å². The zero-order valence-electron chi connectivity index (χ0n) is 11.3. The second kappa shape index (κ2) is 5.51. The predicted molar refractivity (Wildman–Crippen MR) is 76.8 cm³/mol. The van der Waals surface area contributed by atoms with Crippen LogP contribution in [0.2, 0.25) is 0 Å². The van der Waals surface area contributed by atoms with Crippen LogP contribution in [0.1, 0.15) is 16.1 Å². The van der Waals surface area contributed by atoms with Crippen LogP contribution in [-0.4, -0.2) is 29.3 Å². The van der Waals surface area contributed by atoms with Crippen molar-refractivity contribution < 1.29 is 18.3 Å². The second-order valence-corrected chi connectivity index (χ2v) is 6.98. The lowest BCUT2D eigenvalue weighted by Gasteiger charge is -2.07. The maximum Gasteiger partial charge on any atom is 0.336 e. The fraction of sp³-hybridized carbons (Fsp3) is 0.167. The van der Waals surface area contributed by atoms with E-state index < -0.39 is 16.0 Å². The molecule has 0 fully saturated rings. The molecular weight excluding hydrogens is 314 g/mol. The molecule has 0 amide bonds. The Morgan fingerprint density at radius 3 is 2.52 bits per heavy atom. The van der Waals surface area contributed by atoms with Crippen LogP contribution in [0.15, 0.2) is 39.1 Å². The normalized spacial score (nSPS) is 11.6. The van der Waals surface area contributed by atoms with E-state index >= 15 is 0 Å². The number of benzene rings is 1. The Labute approximate surface area is 125 Å². The van der Waals surface area contributed by atoms with Gasteiger partial charge in [-0.2, -0.15) is 5.10 Å². The van der Waals surface area contributed by atoms with Crippen LogP contribution in [0, 0.1) is 6.92 Å². The summed E-state index contributed by atoms with van der Waals surface area (Å²) >= 11 is 1.19. The van der Waals surface area contributed by atoms with Crippen molar-refractivity contribution in [2.75, 3.05) is 0 Å². The minimum atomic E-state index is -3.94. The molecule has 1 heterocycles. The molecule has 7 nitrogen and oxygen atoms in total. The van der Waals surface area contributed by atoms with E-state index in [-0.39, 0.29) is 10.5 Å². The Morgan fingerprint density at radius 2 is 2.05 bits per heavy atom. The third-order valence-corrected chi connectivity index (χ3v) is 4.76. The number of hydrogen-bond donors (Lipinski definition) is 2. The Kier molecular flexibility index (Phi) is 4.08. The van der Waals surface area contributed by atoms with Crippen molar-refractivity contribution >= 4 is 27.8 Å². The van der Waals surface area contributed by atoms with Crippen molar-refractivity contribution in [1.82, 2.24) is 9.78 Å². The molecule has 1 aromatic carbocycles. The average molecular weight is 327 g/mol. The number of aromatic carboxylic acids is 1. The fourth-order valence-corrected chi connectivity index (χ4v) is 3.30. The number of sulfonamides is 1. The minimum Gasteiger partial charge on any atom is -0.478 e. The van der Waals surface area contributed by atoms with Crippen molar-refractivity contribution in [3.8, 4) is 0 Å². The van der Waals surface area contributed by atoms with Crippen LogP contribution in [0.4, 0.5) is 0 Å². The first-order chi connectivity index (χ1) is 9.68. The molecule has 0 bridgehead atoms. The van der Waals surface area contributed by atoms with E-state index in [1.54, 1.807) is 11.7 Å². The van der Waals surface area contributed by atoms with E-state index in [0.29, 0.717) is 4.90 Å². The van der Waals surface area contributed by atoms with Crippen molar-refractivity contribution in [1.29, 1.82) is 0 Å². The quantitative estimate of drug-likeness (QED) is 0.872. The van der Waals surface area contributed by atoms with Crippen molar-refractivity contribution in [3.63, 3.8) is 0 Å². The number of aromatic nitrogens is 2. The lowest BCUT2D eigenvalue weighted by molar-refractivity contribution is 0.0693. The molecule has 1 aromatic heterocycles. The average Bonchev–Trinajstić information content (AvgIpc) is 2.66. The van der Waals surface area contributed by atoms with Gasteiger partial charge in [-0.05, 0) is 31.2 Å². The van der Waals surface area contributed by atoms with Gasteiger partial charge >= 0.3 is 5.97 Å². The molecule has 0 unspecified atom stereocenters. The van der Waals surface area contributed by atoms with Gasteiger partial charge in [-0.3, -0.25) is 4.68 Å². The number of carboxylic acids is 1. The summed E-state index contributed by atoms with van der Waals surface area (Å²) in [4.78, 5) is 11.5. The smallest absolute Gasteiger partial charge is 0.336 e. The highest BCUT2D eigenvalue weighted by Gasteiger charge is 2.17. The molecule has 0 saturated carbocycles. The molecule has 0 radical (unpaired) electrons. The van der Waals surface area contributed by atoms with E-state index in [1.165, 1.54) is 23.9 Å². The molecule has 0 aliphatic carbocycles. The first kappa shape index (κ1) is 15.5. The molecule has 2 rings (SSSR count). The highest BCUT2D eigenvalue weighted by Crippen LogP contribution is 2.31. The number of hydrogen-bond acceptors (Lipinski definition) is 5. The third-order valence-electron chi connectivity index (χ3n) is 2.68. The number of aryl methyl sites for hydroxylation is 2. The van der Waals surface area contributed by atoms with Gasteiger partial charge in [0.05, 0.1) is 21.2 Å². The monoisotopic (exact) mass is 327 g/mol. The zero-order chi connectivity index (χ0) is 15.8. The molecule has 9 heteroatoms. The molecule has 2 aromatic rings. The van der Waals surface area contributed by atoms with Crippen LogP contribution in [0.3, 0.4) is 0 Å². The molecule has 112 valence electrons. The van der Waals surface area contributed by atoms with Crippen LogP contribution in [0.25, 0.3) is 0 Å². The second-order valence-electron chi connectivity index (χ2n) is 4.36. The molecule has 0 aliphatic heterocycles. The Balaban J connectivity index is 2.49. The highest BCUT2D eigenvalue weighted by atomic mass is 32.2. The highest BCUT2D eigenvalue weighted by molar-refractivity contribution is 7.99. The number of rotatable bonds is 4. The van der Waals surface area contributed by atoms with Gasteiger partial charge in [0.1, 0.15) is 0 Å². The largest absolute Gasteiger partial charge is 0.478 e. The van der Waals surface area contributed by atoms with Gasteiger partial charge in [0.25, 0.3) is 0 Å². The number of primary sulfonamides is 1. The summed E-state index contributed by atoms with van der Waals surface area (Å²) in [7, 11) is -2.20. The van der Waals surface area contributed by atoms with Gasteiger partial charge in [0.2, 0.25) is 10.0 Å². The van der Waals surface area contributed by atoms with E-state index in [9.17, 15) is 18.3 Å². The molecule has 0 aliphatic rings. The van der Waals surface area contributed by atoms with Gasteiger partial charge in [-0.25, -0.2) is 18.4 Å². The third kappa shape index (κ3) is 3.43. The van der Waals surface area contributed by atoms with Gasteiger partial charge < -0.3 is 5.11 Å². The summed E-state index contributed by atoms with van der Waals surface area (Å²) < 4.78 is 24.2. The van der Waals surface area contributed by atoms with E-state index in [2.05, 4.69) is 5.10 Å². The van der Waals surface area contributed by atoms with Crippen molar-refractivity contribution in [2.24, 2.45) is 12.2 Å². The van der Waals surface area contributed by atoms with Gasteiger partial charge in [0, 0.05) is 11.9 Å². The van der Waals surface area contributed by atoms with Gasteiger partial charge in [-0.15, -0.1) is 0 Å². The molecule has 3 N–H and O–H groups in total. The van der Waals surface area contributed by atoms with Gasteiger partial charge in [0.15, 0.2) is 0 Å². The Hall–Kier alpha value is -1.84. The Morgan fingerprint density at radius 1 is 1.38 bits per heavy atom. The van der Waals surface area contributed by atoms with Gasteiger partial charge in [-0.1, -0.05) is 11.8 Å². The summed E-state index contributed by atoms with van der Waals surface area (Å²) in [5.74, 6) is -1.22. The summed E-state index contributed by atoms with van der Waals surface area (Å²) in [6.45, 7) is 1.83. The van der Waals surface area contributed by atoms with Crippen molar-refractivity contribution in [3.05, 3.63) is 35.5 Å². The summed E-state index contributed by atoms with van der Waals surface area (Å²) in [6, 6.07) is 5.58. The SMILES string of the molecule is Cc1cc(Sc2ccc(S(N)(=O)=O)cc2C(=O)O)n(C)n1. The maximum absolute atomic E-state index is 11.3. The summed E-state index contributed by atoms with van der Waals surface area (Å²) in [6.07, 6.45) is 0. The van der Waals surface area contributed by atoms with Crippen LogP contribution >= 0.6 is 11.8 Å². The predicted octanol–water partition coefficient (Wildman–Crippen LogP) is 1.23. The maximum atomic E-state index is 11.3. The Bertz CT molecular complexity index is 812. The lowest BCUT2D eigenvalue weighted by Crippen LogP contribution is -2.13. The number of carboxylic acid groups (broad SMARTS) is 1. The molecule has 0 saturated heterocycles. The summed E-state index contributed by atoms with van der Waals surface area (Å²) in [5, 5.41) is 19.2. The van der Waals surface area contributed by atoms with Crippen LogP contribution in [0.5, 0.6) is 0 Å². The molecule has 0 spiro atoms. The topological polar surface area (TPSA) is 115 Å². The standard InChI is InChI=1S/C12H13N3O4S2/c1-7-5-11(15(2)14-7)20-10-4-3-8(21(13,18)19)6-9(10)12(16)17/h3-6H,1-2H3,(H,16,17)(H2,13,18,19).